The summed E-state index contributed by atoms with van der Waals surface area (Å²) in [5, 5.41) is 0.956. The van der Waals surface area contributed by atoms with Gasteiger partial charge in [-0.05, 0) is 22.6 Å². The van der Waals surface area contributed by atoms with Gasteiger partial charge in [0.15, 0.2) is 0 Å². The van der Waals surface area contributed by atoms with Gasteiger partial charge in [-0.25, -0.2) is 9.97 Å². The Morgan fingerprint density at radius 1 is 1.53 bits per heavy atom. The number of nitrogens with zero attached hydrogens (tertiary/aromatic N) is 3. The van der Waals surface area contributed by atoms with E-state index in [0.717, 1.165) is 34.4 Å². The Morgan fingerprint density at radius 2 is 2.29 bits per heavy atom. The van der Waals surface area contributed by atoms with Gasteiger partial charge in [0.2, 0.25) is 0 Å². The predicted molar refractivity (Wildman–Crippen MR) is 73.6 cm³/mol. The minimum atomic E-state index is 0.217. The number of nitrogen functional groups attached to an aromatic ring is 1. The second kappa shape index (κ2) is 3.81. The first-order valence-electron chi connectivity index (χ1n) is 5.42. The Bertz CT molecular complexity index is 576. The first-order valence-corrected chi connectivity index (χ1v) is 6.49. The van der Waals surface area contributed by atoms with Crippen LogP contribution in [-0.2, 0) is 11.3 Å². The maximum Gasteiger partial charge on any atom is 0.146 e. The van der Waals surface area contributed by atoms with Crippen molar-refractivity contribution >= 4 is 39.4 Å². The lowest BCUT2D eigenvalue weighted by molar-refractivity contribution is -0.109. The fourth-order valence-electron chi connectivity index (χ4n) is 2.17. The number of aromatic nitrogens is 3. The minimum absolute atomic E-state index is 0.217. The van der Waals surface area contributed by atoms with E-state index in [4.69, 9.17) is 10.5 Å². The van der Waals surface area contributed by atoms with Gasteiger partial charge in [0.05, 0.1) is 18.6 Å². The SMILES string of the molecule is CC1(Cn2cc(I)c3c(N)ncnc32)COC1. The number of hydrogen-bond acceptors (Lipinski definition) is 4. The maximum atomic E-state index is 5.89. The Balaban J connectivity index is 2.08. The van der Waals surface area contributed by atoms with Gasteiger partial charge >= 0.3 is 0 Å². The summed E-state index contributed by atoms with van der Waals surface area (Å²) in [6.45, 7) is 4.75. The third kappa shape index (κ3) is 1.79. The molecule has 1 fully saturated rings. The van der Waals surface area contributed by atoms with E-state index in [-0.39, 0.29) is 5.41 Å². The molecule has 5 nitrogen and oxygen atoms in total. The molecule has 1 aliphatic rings. The van der Waals surface area contributed by atoms with Crippen molar-refractivity contribution < 1.29 is 4.74 Å². The Hall–Kier alpha value is -0.890. The Labute approximate surface area is 113 Å². The molecule has 17 heavy (non-hydrogen) atoms. The standard InChI is InChI=1S/C11H13IN4O/c1-11(4-17-5-11)3-16-2-7(12)8-9(13)14-6-15-10(8)16/h2,6H,3-5H2,1H3,(H2,13,14,15). The fraction of sp³-hybridized carbons (Fsp3) is 0.455. The van der Waals surface area contributed by atoms with Crippen LogP contribution in [0, 0.1) is 8.99 Å². The molecule has 0 atom stereocenters. The van der Waals surface area contributed by atoms with Crippen molar-refractivity contribution in [3.63, 3.8) is 0 Å². The number of rotatable bonds is 2. The lowest BCUT2D eigenvalue weighted by Crippen LogP contribution is -2.43. The molecule has 1 saturated heterocycles. The average molecular weight is 344 g/mol. The number of hydrogen-bond donors (Lipinski definition) is 1. The van der Waals surface area contributed by atoms with Gasteiger partial charge in [-0.2, -0.15) is 0 Å². The second-order valence-electron chi connectivity index (χ2n) is 4.87. The normalized spacial score (nSPS) is 18.2. The van der Waals surface area contributed by atoms with Crippen LogP contribution in [0.15, 0.2) is 12.5 Å². The van der Waals surface area contributed by atoms with Crippen molar-refractivity contribution in [2.75, 3.05) is 18.9 Å². The Morgan fingerprint density at radius 3 is 2.94 bits per heavy atom. The summed E-state index contributed by atoms with van der Waals surface area (Å²) < 4.78 is 8.53. The molecule has 3 heterocycles. The van der Waals surface area contributed by atoms with Crippen molar-refractivity contribution in [1.29, 1.82) is 0 Å². The zero-order chi connectivity index (χ0) is 12.0. The van der Waals surface area contributed by atoms with Crippen LogP contribution in [0.2, 0.25) is 0 Å². The molecule has 90 valence electrons. The zero-order valence-electron chi connectivity index (χ0n) is 9.48. The van der Waals surface area contributed by atoms with E-state index < -0.39 is 0 Å². The molecule has 0 saturated carbocycles. The van der Waals surface area contributed by atoms with E-state index in [1.807, 2.05) is 0 Å². The lowest BCUT2D eigenvalue weighted by atomic mass is 9.89. The molecule has 0 amide bonds. The van der Waals surface area contributed by atoms with E-state index in [2.05, 4.69) is 50.2 Å². The van der Waals surface area contributed by atoms with Gasteiger partial charge in [-0.3, -0.25) is 0 Å². The first-order chi connectivity index (χ1) is 8.09. The first kappa shape index (κ1) is 11.2. The summed E-state index contributed by atoms with van der Waals surface area (Å²) in [6.07, 6.45) is 3.60. The topological polar surface area (TPSA) is 66.0 Å². The van der Waals surface area contributed by atoms with Gasteiger partial charge < -0.3 is 15.0 Å². The molecule has 2 aromatic heterocycles. The minimum Gasteiger partial charge on any atom is -0.383 e. The molecular weight excluding hydrogens is 331 g/mol. The molecule has 6 heteroatoms. The zero-order valence-corrected chi connectivity index (χ0v) is 11.6. The molecule has 3 rings (SSSR count). The largest absolute Gasteiger partial charge is 0.383 e. The third-order valence-corrected chi connectivity index (χ3v) is 3.91. The lowest BCUT2D eigenvalue weighted by Gasteiger charge is -2.38. The number of anilines is 1. The number of ether oxygens (including phenoxy) is 1. The van der Waals surface area contributed by atoms with E-state index in [9.17, 15) is 0 Å². The van der Waals surface area contributed by atoms with E-state index in [0.29, 0.717) is 5.82 Å². The van der Waals surface area contributed by atoms with Crippen LogP contribution < -0.4 is 5.73 Å². The molecule has 1 aliphatic heterocycles. The monoisotopic (exact) mass is 344 g/mol. The summed E-state index contributed by atoms with van der Waals surface area (Å²) in [7, 11) is 0. The van der Waals surface area contributed by atoms with Crippen LogP contribution in [0.4, 0.5) is 5.82 Å². The molecule has 0 aromatic carbocycles. The maximum absolute atomic E-state index is 5.89. The highest BCUT2D eigenvalue weighted by Crippen LogP contribution is 2.32. The molecular formula is C11H13IN4O. The number of fused-ring (bicyclic) bond motifs is 1. The quantitative estimate of drug-likeness (QED) is 0.842. The highest BCUT2D eigenvalue weighted by atomic mass is 127. The van der Waals surface area contributed by atoms with Crippen molar-refractivity contribution in [3.8, 4) is 0 Å². The molecule has 0 bridgehead atoms. The summed E-state index contributed by atoms with van der Waals surface area (Å²) in [6, 6.07) is 0. The molecule has 2 aromatic rings. The molecule has 2 N–H and O–H groups in total. The van der Waals surface area contributed by atoms with Gasteiger partial charge in [0, 0.05) is 21.7 Å². The van der Waals surface area contributed by atoms with Crippen LogP contribution in [0.5, 0.6) is 0 Å². The Kier molecular flexibility index (Phi) is 2.51. The second-order valence-corrected chi connectivity index (χ2v) is 6.03. The number of nitrogens with two attached hydrogens (primary N) is 1. The smallest absolute Gasteiger partial charge is 0.146 e. The van der Waals surface area contributed by atoms with Crippen LogP contribution in [0.25, 0.3) is 11.0 Å². The molecule has 0 aliphatic carbocycles. The third-order valence-electron chi connectivity index (χ3n) is 3.09. The molecule has 0 spiro atoms. The number of halogens is 1. The van der Waals surface area contributed by atoms with Gasteiger partial charge in [0.1, 0.15) is 17.8 Å². The van der Waals surface area contributed by atoms with Crippen molar-refractivity contribution in [2.45, 2.75) is 13.5 Å². The van der Waals surface area contributed by atoms with Crippen molar-refractivity contribution in [3.05, 3.63) is 16.1 Å². The van der Waals surface area contributed by atoms with Gasteiger partial charge in [-0.15, -0.1) is 0 Å². The highest BCUT2D eigenvalue weighted by molar-refractivity contribution is 14.1. The molecule has 0 radical (unpaired) electrons. The summed E-state index contributed by atoms with van der Waals surface area (Å²) in [5.41, 5.74) is 7.02. The van der Waals surface area contributed by atoms with Crippen molar-refractivity contribution in [2.24, 2.45) is 5.41 Å². The fourth-order valence-corrected chi connectivity index (χ4v) is 3.03. The predicted octanol–water partition coefficient (Wildman–Crippen LogP) is 1.65. The summed E-state index contributed by atoms with van der Waals surface area (Å²) in [5.74, 6) is 0.549. The van der Waals surface area contributed by atoms with E-state index in [1.54, 1.807) is 0 Å². The van der Waals surface area contributed by atoms with Gasteiger partial charge in [-0.1, -0.05) is 6.92 Å². The summed E-state index contributed by atoms with van der Waals surface area (Å²) >= 11 is 2.27. The van der Waals surface area contributed by atoms with Crippen LogP contribution >= 0.6 is 22.6 Å². The van der Waals surface area contributed by atoms with Crippen LogP contribution in [-0.4, -0.2) is 27.7 Å². The summed E-state index contributed by atoms with van der Waals surface area (Å²) in [4.78, 5) is 8.37. The molecule has 0 unspecified atom stereocenters. The average Bonchev–Trinajstić information content (AvgIpc) is 2.55. The van der Waals surface area contributed by atoms with Crippen molar-refractivity contribution in [1.82, 2.24) is 14.5 Å². The van der Waals surface area contributed by atoms with Gasteiger partial charge in [0.25, 0.3) is 0 Å². The van der Waals surface area contributed by atoms with E-state index in [1.165, 1.54) is 6.33 Å². The van der Waals surface area contributed by atoms with Crippen LogP contribution in [0.3, 0.4) is 0 Å². The highest BCUT2D eigenvalue weighted by Gasteiger charge is 2.34. The van der Waals surface area contributed by atoms with E-state index >= 15 is 0 Å². The van der Waals surface area contributed by atoms with Crippen LogP contribution in [0.1, 0.15) is 6.92 Å².